The Morgan fingerprint density at radius 2 is 2.08 bits per heavy atom. The summed E-state index contributed by atoms with van der Waals surface area (Å²) in [6.07, 6.45) is -0.00285. The first kappa shape index (κ1) is 16.1. The Bertz CT molecular complexity index is 930. The second kappa shape index (κ2) is 6.80. The van der Waals surface area contributed by atoms with E-state index in [2.05, 4.69) is 20.7 Å². The monoisotopic (exact) mass is 339 g/mol. The number of H-pyrrole nitrogens is 1. The molecule has 0 atom stereocenters. The first-order valence-corrected chi connectivity index (χ1v) is 8.46. The maximum atomic E-state index is 12.3. The van der Waals surface area contributed by atoms with Gasteiger partial charge in [0.05, 0.1) is 6.42 Å². The molecule has 122 valence electrons. The van der Waals surface area contributed by atoms with Crippen molar-refractivity contribution >= 4 is 22.9 Å². The Hall–Kier alpha value is -2.73. The van der Waals surface area contributed by atoms with E-state index in [9.17, 15) is 9.59 Å². The zero-order chi connectivity index (χ0) is 17.1. The smallest absolute Gasteiger partial charge is 0.254 e. The zero-order valence-electron chi connectivity index (χ0n) is 13.4. The fraction of sp³-hybridized carbons (Fsp3) is 0.167. The van der Waals surface area contributed by atoms with Gasteiger partial charge in [-0.2, -0.15) is 11.3 Å². The number of carbonyl (C=O) groups is 1. The number of aromatic amines is 1. The largest absolute Gasteiger partial charge is 0.326 e. The molecule has 3 aromatic rings. The summed E-state index contributed by atoms with van der Waals surface area (Å²) >= 11 is 1.63. The number of hydrogen-bond donors (Lipinski definition) is 2. The molecule has 2 heterocycles. The maximum absolute atomic E-state index is 12.3. The molecular formula is C18H17N3O2S. The standard InChI is InChI=1S/C18H17N3O2S/c1-11-16(18(23)20-12(2)19-11)9-17(22)21-15-5-3-4-13(8-15)14-6-7-24-10-14/h3-8,10H,9H2,1-2H3,(H,21,22)(H,19,20,23). The van der Waals surface area contributed by atoms with E-state index in [-0.39, 0.29) is 17.9 Å². The van der Waals surface area contributed by atoms with E-state index in [0.29, 0.717) is 22.8 Å². The lowest BCUT2D eigenvalue weighted by atomic mass is 10.1. The van der Waals surface area contributed by atoms with E-state index in [1.54, 1.807) is 25.2 Å². The zero-order valence-corrected chi connectivity index (χ0v) is 14.2. The summed E-state index contributed by atoms with van der Waals surface area (Å²) in [5.74, 6) is 0.307. The lowest BCUT2D eigenvalue weighted by Crippen LogP contribution is -2.24. The average Bonchev–Trinajstić information content (AvgIpc) is 3.05. The second-order valence-corrected chi connectivity index (χ2v) is 6.31. The van der Waals surface area contributed by atoms with Crippen LogP contribution in [-0.2, 0) is 11.2 Å². The molecule has 0 saturated carbocycles. The number of benzene rings is 1. The van der Waals surface area contributed by atoms with Gasteiger partial charge in [-0.1, -0.05) is 12.1 Å². The van der Waals surface area contributed by atoms with Crippen molar-refractivity contribution in [1.29, 1.82) is 0 Å². The van der Waals surface area contributed by atoms with Gasteiger partial charge in [-0.25, -0.2) is 4.98 Å². The summed E-state index contributed by atoms with van der Waals surface area (Å²) in [5.41, 5.74) is 3.58. The second-order valence-electron chi connectivity index (χ2n) is 5.53. The highest BCUT2D eigenvalue weighted by atomic mass is 32.1. The first-order valence-electron chi connectivity index (χ1n) is 7.52. The van der Waals surface area contributed by atoms with Gasteiger partial charge in [-0.05, 0) is 53.9 Å². The number of amides is 1. The number of aryl methyl sites for hydroxylation is 2. The quantitative estimate of drug-likeness (QED) is 0.766. The molecule has 0 aliphatic rings. The van der Waals surface area contributed by atoms with Gasteiger partial charge in [-0.15, -0.1) is 0 Å². The van der Waals surface area contributed by atoms with Gasteiger partial charge in [0.25, 0.3) is 5.56 Å². The molecule has 0 bridgehead atoms. The minimum atomic E-state index is -0.262. The van der Waals surface area contributed by atoms with Crippen LogP contribution >= 0.6 is 11.3 Å². The number of anilines is 1. The van der Waals surface area contributed by atoms with Crippen molar-refractivity contribution in [2.45, 2.75) is 20.3 Å². The number of hydrogen-bond acceptors (Lipinski definition) is 4. The van der Waals surface area contributed by atoms with Crippen LogP contribution in [0.4, 0.5) is 5.69 Å². The number of rotatable bonds is 4. The van der Waals surface area contributed by atoms with Gasteiger partial charge in [-0.3, -0.25) is 9.59 Å². The molecule has 3 rings (SSSR count). The van der Waals surface area contributed by atoms with Gasteiger partial charge in [0.2, 0.25) is 5.91 Å². The lowest BCUT2D eigenvalue weighted by Gasteiger charge is -2.08. The van der Waals surface area contributed by atoms with Crippen LogP contribution in [0, 0.1) is 13.8 Å². The molecule has 0 fully saturated rings. The summed E-state index contributed by atoms with van der Waals surface area (Å²) < 4.78 is 0. The van der Waals surface area contributed by atoms with E-state index >= 15 is 0 Å². The third kappa shape index (κ3) is 3.60. The van der Waals surface area contributed by atoms with Crippen LogP contribution in [-0.4, -0.2) is 15.9 Å². The molecule has 6 heteroatoms. The number of nitrogens with zero attached hydrogens (tertiary/aromatic N) is 1. The van der Waals surface area contributed by atoms with Gasteiger partial charge in [0.15, 0.2) is 0 Å². The minimum Gasteiger partial charge on any atom is -0.326 e. The van der Waals surface area contributed by atoms with Gasteiger partial charge < -0.3 is 10.3 Å². The third-order valence-corrected chi connectivity index (χ3v) is 4.36. The number of nitrogens with one attached hydrogen (secondary N) is 2. The van der Waals surface area contributed by atoms with E-state index in [0.717, 1.165) is 11.1 Å². The SMILES string of the molecule is Cc1nc(C)c(CC(=O)Nc2cccc(-c3ccsc3)c2)c(=O)[nH]1. The molecule has 2 N–H and O–H groups in total. The van der Waals surface area contributed by atoms with Crippen LogP contribution in [0.1, 0.15) is 17.1 Å². The Balaban J connectivity index is 1.76. The molecule has 1 aromatic carbocycles. The summed E-state index contributed by atoms with van der Waals surface area (Å²) in [6.45, 7) is 3.45. The van der Waals surface area contributed by atoms with E-state index in [1.807, 2.05) is 35.7 Å². The van der Waals surface area contributed by atoms with E-state index < -0.39 is 0 Å². The Morgan fingerprint density at radius 1 is 1.25 bits per heavy atom. The van der Waals surface area contributed by atoms with Crippen LogP contribution in [0.3, 0.4) is 0 Å². The minimum absolute atomic E-state index is 0.00285. The summed E-state index contributed by atoms with van der Waals surface area (Å²) in [7, 11) is 0. The highest BCUT2D eigenvalue weighted by molar-refractivity contribution is 7.08. The van der Waals surface area contributed by atoms with E-state index in [1.165, 1.54) is 0 Å². The molecule has 2 aromatic heterocycles. The number of carbonyl (C=O) groups excluding carboxylic acids is 1. The topological polar surface area (TPSA) is 74.8 Å². The molecule has 0 radical (unpaired) electrons. The van der Waals surface area contributed by atoms with Crippen LogP contribution in [0.15, 0.2) is 45.9 Å². The molecule has 0 spiro atoms. The molecular weight excluding hydrogens is 322 g/mol. The molecule has 0 saturated heterocycles. The van der Waals surface area contributed by atoms with Crippen molar-refractivity contribution in [1.82, 2.24) is 9.97 Å². The fourth-order valence-corrected chi connectivity index (χ4v) is 3.20. The summed E-state index contributed by atoms with van der Waals surface area (Å²) in [4.78, 5) is 31.1. The number of thiophene rings is 1. The molecule has 0 unspecified atom stereocenters. The van der Waals surface area contributed by atoms with Crippen molar-refractivity contribution in [2.24, 2.45) is 0 Å². The van der Waals surface area contributed by atoms with Crippen molar-refractivity contribution in [2.75, 3.05) is 5.32 Å². The predicted molar refractivity (Wildman–Crippen MR) is 96.4 cm³/mol. The van der Waals surface area contributed by atoms with E-state index in [4.69, 9.17) is 0 Å². The summed E-state index contributed by atoms with van der Waals surface area (Å²) in [6, 6.07) is 9.68. The Morgan fingerprint density at radius 3 is 2.79 bits per heavy atom. The summed E-state index contributed by atoms with van der Waals surface area (Å²) in [5, 5.41) is 6.92. The van der Waals surface area contributed by atoms with Crippen molar-refractivity contribution in [3.8, 4) is 11.1 Å². The lowest BCUT2D eigenvalue weighted by molar-refractivity contribution is -0.115. The predicted octanol–water partition coefficient (Wildman–Crippen LogP) is 3.30. The normalized spacial score (nSPS) is 10.6. The third-order valence-electron chi connectivity index (χ3n) is 3.68. The van der Waals surface area contributed by atoms with Crippen LogP contribution in [0.5, 0.6) is 0 Å². The molecule has 24 heavy (non-hydrogen) atoms. The van der Waals surface area contributed by atoms with Crippen molar-refractivity contribution in [3.05, 3.63) is 68.5 Å². The highest BCUT2D eigenvalue weighted by Gasteiger charge is 2.12. The highest BCUT2D eigenvalue weighted by Crippen LogP contribution is 2.24. The molecule has 0 aliphatic heterocycles. The Kier molecular flexibility index (Phi) is 4.57. The first-order chi connectivity index (χ1) is 11.5. The number of aromatic nitrogens is 2. The van der Waals surface area contributed by atoms with Crippen LogP contribution in [0.2, 0.25) is 0 Å². The molecule has 1 amide bonds. The fourth-order valence-electron chi connectivity index (χ4n) is 2.53. The molecule has 5 nitrogen and oxygen atoms in total. The maximum Gasteiger partial charge on any atom is 0.254 e. The van der Waals surface area contributed by atoms with Gasteiger partial charge in [0.1, 0.15) is 5.82 Å². The Labute approximate surface area is 143 Å². The van der Waals surface area contributed by atoms with Crippen molar-refractivity contribution < 1.29 is 4.79 Å². The van der Waals surface area contributed by atoms with Crippen LogP contribution in [0.25, 0.3) is 11.1 Å². The molecule has 0 aliphatic carbocycles. The average molecular weight is 339 g/mol. The van der Waals surface area contributed by atoms with Crippen molar-refractivity contribution in [3.63, 3.8) is 0 Å². The van der Waals surface area contributed by atoms with Crippen LogP contribution < -0.4 is 10.9 Å². The van der Waals surface area contributed by atoms with Gasteiger partial charge in [0, 0.05) is 16.9 Å². The van der Waals surface area contributed by atoms with Gasteiger partial charge >= 0.3 is 0 Å².